The molecule has 5 heteroatoms. The van der Waals surface area contributed by atoms with Crippen molar-refractivity contribution in [1.82, 2.24) is 14.8 Å². The van der Waals surface area contributed by atoms with Gasteiger partial charge >= 0.3 is 0 Å². The highest BCUT2D eigenvalue weighted by Crippen LogP contribution is 2.07. The van der Waals surface area contributed by atoms with Crippen molar-refractivity contribution in [2.24, 2.45) is 0 Å². The molecule has 82 valence electrons. The first-order chi connectivity index (χ1) is 7.03. The van der Waals surface area contributed by atoms with E-state index in [1.807, 2.05) is 0 Å². The van der Waals surface area contributed by atoms with Crippen molar-refractivity contribution in [1.29, 1.82) is 0 Å². The molecule has 0 fully saturated rings. The fourth-order valence-electron chi connectivity index (χ4n) is 1.000. The molecule has 0 atom stereocenters. The molecular weight excluding hydrogens is 206 g/mol. The molecule has 0 saturated heterocycles. The van der Waals surface area contributed by atoms with Crippen LogP contribution in [-0.2, 0) is 11.5 Å². The first-order valence-corrected chi connectivity index (χ1v) is 8.66. The van der Waals surface area contributed by atoms with Crippen molar-refractivity contribution >= 4 is 8.07 Å². The molecule has 0 bridgehead atoms. The van der Waals surface area contributed by atoms with E-state index in [1.54, 1.807) is 4.68 Å². The van der Waals surface area contributed by atoms with Gasteiger partial charge in [0.1, 0.15) is 13.1 Å². The minimum atomic E-state index is -1.01. The van der Waals surface area contributed by atoms with Crippen molar-refractivity contribution in [3.05, 3.63) is 12.2 Å². The Labute approximate surface area is 91.7 Å². The van der Waals surface area contributed by atoms with Gasteiger partial charge in [0.2, 0.25) is 5.82 Å². The molecule has 0 radical (unpaired) electrons. The van der Waals surface area contributed by atoms with Crippen LogP contribution in [-0.4, -0.2) is 29.4 Å². The summed E-state index contributed by atoms with van der Waals surface area (Å²) < 4.78 is 7.08. The molecule has 0 spiro atoms. The smallest absolute Gasteiger partial charge is 0.205 e. The maximum atomic E-state index is 5.50. The molecule has 15 heavy (non-hydrogen) atoms. The van der Waals surface area contributed by atoms with Crippen LogP contribution in [0.25, 0.3) is 0 Å². The summed E-state index contributed by atoms with van der Waals surface area (Å²) in [6, 6.07) is 1.15. The molecule has 0 unspecified atom stereocenters. The molecule has 1 aromatic rings. The van der Waals surface area contributed by atoms with Gasteiger partial charge in [-0.15, -0.1) is 6.42 Å². The lowest BCUT2D eigenvalue weighted by atomic mass is 10.6. The summed E-state index contributed by atoms with van der Waals surface area (Å²) in [6.45, 7) is 8.11. The van der Waals surface area contributed by atoms with Gasteiger partial charge in [0.05, 0.1) is 0 Å². The van der Waals surface area contributed by atoms with Crippen LogP contribution in [0.2, 0.25) is 25.7 Å². The Morgan fingerprint density at radius 3 is 2.87 bits per heavy atom. The van der Waals surface area contributed by atoms with E-state index >= 15 is 0 Å². The van der Waals surface area contributed by atoms with Gasteiger partial charge < -0.3 is 4.74 Å². The number of nitrogens with zero attached hydrogens (tertiary/aromatic N) is 3. The zero-order valence-corrected chi connectivity index (χ0v) is 10.5. The number of hydrogen-bond donors (Lipinski definition) is 0. The number of rotatable bonds is 5. The molecular formula is C10H17N3OSi. The zero-order chi connectivity index (χ0) is 11.3. The normalized spacial score (nSPS) is 11.3. The Kier molecular flexibility index (Phi) is 4.06. The summed E-state index contributed by atoms with van der Waals surface area (Å²) in [6.07, 6.45) is 6.69. The largest absolute Gasteiger partial charge is 0.359 e. The Bertz CT molecular complexity index is 348. The molecule has 0 saturated carbocycles. The lowest BCUT2D eigenvalue weighted by Crippen LogP contribution is -2.22. The summed E-state index contributed by atoms with van der Waals surface area (Å²) in [5.74, 6) is 2.97. The standard InChI is InChI=1S/C10H17N3OSi/c1-5-10-11-8-12-13(10)9-14-6-7-15(2,3)4/h1,8H,6-7,9H2,2-4H3. The molecule has 0 aliphatic carbocycles. The molecule has 0 aliphatic rings. The minimum absolute atomic E-state index is 0.393. The van der Waals surface area contributed by atoms with E-state index in [2.05, 4.69) is 35.6 Å². The molecule has 1 heterocycles. The van der Waals surface area contributed by atoms with Crippen molar-refractivity contribution in [3.8, 4) is 12.3 Å². The monoisotopic (exact) mass is 223 g/mol. The van der Waals surface area contributed by atoms with Crippen LogP contribution in [0.1, 0.15) is 5.82 Å². The van der Waals surface area contributed by atoms with Gasteiger partial charge in [-0.2, -0.15) is 5.10 Å². The Morgan fingerprint density at radius 2 is 2.27 bits per heavy atom. The zero-order valence-electron chi connectivity index (χ0n) is 9.53. The highest BCUT2D eigenvalue weighted by atomic mass is 28.3. The van der Waals surface area contributed by atoms with E-state index in [0.717, 1.165) is 12.7 Å². The third-order valence-electron chi connectivity index (χ3n) is 1.95. The quantitative estimate of drug-likeness (QED) is 0.432. The summed E-state index contributed by atoms with van der Waals surface area (Å²) in [4.78, 5) is 3.91. The Hall–Kier alpha value is -1.12. The van der Waals surface area contributed by atoms with Crippen LogP contribution >= 0.6 is 0 Å². The molecule has 0 aliphatic heterocycles. The second-order valence-electron chi connectivity index (χ2n) is 4.58. The second kappa shape index (κ2) is 5.10. The van der Waals surface area contributed by atoms with Crippen LogP contribution in [0, 0.1) is 12.3 Å². The first-order valence-electron chi connectivity index (χ1n) is 4.95. The van der Waals surface area contributed by atoms with Gasteiger partial charge in [-0.1, -0.05) is 19.6 Å². The number of terminal acetylenes is 1. The average Bonchev–Trinajstić information content (AvgIpc) is 2.58. The van der Waals surface area contributed by atoms with Crippen molar-refractivity contribution in [3.63, 3.8) is 0 Å². The highest BCUT2D eigenvalue weighted by Gasteiger charge is 2.12. The summed E-state index contributed by atoms with van der Waals surface area (Å²) in [5, 5.41) is 3.97. The van der Waals surface area contributed by atoms with E-state index in [9.17, 15) is 0 Å². The van der Waals surface area contributed by atoms with E-state index in [0.29, 0.717) is 12.6 Å². The van der Waals surface area contributed by atoms with E-state index in [-0.39, 0.29) is 0 Å². The van der Waals surface area contributed by atoms with Crippen molar-refractivity contribution in [2.45, 2.75) is 32.4 Å². The van der Waals surface area contributed by atoms with Crippen LogP contribution in [0.3, 0.4) is 0 Å². The van der Waals surface area contributed by atoms with Crippen LogP contribution in [0.15, 0.2) is 6.33 Å². The molecule has 0 amide bonds. The predicted octanol–water partition coefficient (Wildman–Crippen LogP) is 1.57. The molecule has 0 N–H and O–H groups in total. The Morgan fingerprint density at radius 1 is 1.53 bits per heavy atom. The molecule has 4 nitrogen and oxygen atoms in total. The van der Waals surface area contributed by atoms with Gasteiger partial charge in [-0.05, 0) is 12.0 Å². The summed E-state index contributed by atoms with van der Waals surface area (Å²) >= 11 is 0. The summed E-state index contributed by atoms with van der Waals surface area (Å²) in [7, 11) is -1.01. The molecule has 1 aromatic heterocycles. The molecule has 1 rings (SSSR count). The number of ether oxygens (including phenoxy) is 1. The third kappa shape index (κ3) is 4.28. The van der Waals surface area contributed by atoms with Gasteiger partial charge in [0.15, 0.2) is 0 Å². The van der Waals surface area contributed by atoms with Crippen LogP contribution in [0.4, 0.5) is 0 Å². The highest BCUT2D eigenvalue weighted by molar-refractivity contribution is 6.76. The van der Waals surface area contributed by atoms with E-state index < -0.39 is 8.07 Å². The maximum Gasteiger partial charge on any atom is 0.205 e. The van der Waals surface area contributed by atoms with E-state index in [4.69, 9.17) is 11.2 Å². The Balaban J connectivity index is 2.30. The fourth-order valence-corrected chi connectivity index (χ4v) is 1.76. The lowest BCUT2D eigenvalue weighted by molar-refractivity contribution is 0.0777. The van der Waals surface area contributed by atoms with Crippen LogP contribution < -0.4 is 0 Å². The van der Waals surface area contributed by atoms with Crippen molar-refractivity contribution < 1.29 is 4.74 Å². The fraction of sp³-hybridized carbons (Fsp3) is 0.600. The predicted molar refractivity (Wildman–Crippen MR) is 62.1 cm³/mol. The van der Waals surface area contributed by atoms with Gasteiger partial charge in [-0.25, -0.2) is 9.67 Å². The summed E-state index contributed by atoms with van der Waals surface area (Å²) in [5.41, 5.74) is 0. The minimum Gasteiger partial charge on any atom is -0.359 e. The van der Waals surface area contributed by atoms with Crippen molar-refractivity contribution in [2.75, 3.05) is 6.61 Å². The topological polar surface area (TPSA) is 39.9 Å². The van der Waals surface area contributed by atoms with E-state index in [1.165, 1.54) is 6.33 Å². The van der Waals surface area contributed by atoms with Gasteiger partial charge in [0.25, 0.3) is 0 Å². The number of hydrogen-bond acceptors (Lipinski definition) is 3. The second-order valence-corrected chi connectivity index (χ2v) is 10.2. The molecule has 0 aromatic carbocycles. The first kappa shape index (κ1) is 11.9. The lowest BCUT2D eigenvalue weighted by Gasteiger charge is -2.15. The van der Waals surface area contributed by atoms with Gasteiger partial charge in [-0.3, -0.25) is 0 Å². The SMILES string of the molecule is C#Cc1ncnn1COCC[Si](C)(C)C. The average molecular weight is 223 g/mol. The number of aromatic nitrogens is 3. The van der Waals surface area contributed by atoms with Gasteiger partial charge in [0, 0.05) is 14.7 Å². The maximum absolute atomic E-state index is 5.50. The third-order valence-corrected chi connectivity index (χ3v) is 3.66. The van der Waals surface area contributed by atoms with Crippen LogP contribution in [0.5, 0.6) is 0 Å².